The number of carboxylic acids is 1. The van der Waals surface area contributed by atoms with E-state index in [4.69, 9.17) is 9.84 Å². The van der Waals surface area contributed by atoms with Gasteiger partial charge < -0.3 is 15.2 Å². The highest BCUT2D eigenvalue weighted by molar-refractivity contribution is 5.70. The molecule has 2 rings (SSSR count). The lowest BCUT2D eigenvalue weighted by atomic mass is 9.78. The summed E-state index contributed by atoms with van der Waals surface area (Å²) >= 11 is 0. The smallest absolute Gasteiger partial charge is 0.306 e. The Balaban J connectivity index is 1.90. The summed E-state index contributed by atoms with van der Waals surface area (Å²) < 4.78 is 5.78. The molecule has 4 heteroatoms. The Labute approximate surface area is 83.6 Å². The van der Waals surface area contributed by atoms with Gasteiger partial charge in [-0.2, -0.15) is 0 Å². The predicted molar refractivity (Wildman–Crippen MR) is 51.1 cm³/mol. The van der Waals surface area contributed by atoms with E-state index < -0.39 is 5.97 Å². The standard InChI is InChI=1S/C10H17NO3/c12-9(13)8-1-3-10(4-2-8)7-11-5-6-14-10/h8,11H,1-7H2,(H,12,13). The van der Waals surface area contributed by atoms with Gasteiger partial charge in [0.1, 0.15) is 0 Å². The van der Waals surface area contributed by atoms with Crippen molar-refractivity contribution in [3.8, 4) is 0 Å². The van der Waals surface area contributed by atoms with Gasteiger partial charge in [-0.1, -0.05) is 0 Å². The number of ether oxygens (including phenoxy) is 1. The summed E-state index contributed by atoms with van der Waals surface area (Å²) in [5.74, 6) is -0.797. The monoisotopic (exact) mass is 199 g/mol. The molecule has 0 aromatic carbocycles. The minimum atomic E-state index is -0.649. The maximum atomic E-state index is 10.8. The van der Waals surface area contributed by atoms with Crippen LogP contribution in [0.2, 0.25) is 0 Å². The summed E-state index contributed by atoms with van der Waals surface area (Å²) in [4.78, 5) is 10.8. The molecule has 80 valence electrons. The number of rotatable bonds is 1. The van der Waals surface area contributed by atoms with Crippen molar-refractivity contribution in [2.45, 2.75) is 31.3 Å². The van der Waals surface area contributed by atoms with Gasteiger partial charge in [0.15, 0.2) is 0 Å². The van der Waals surface area contributed by atoms with Gasteiger partial charge in [0.05, 0.1) is 18.1 Å². The summed E-state index contributed by atoms with van der Waals surface area (Å²) in [5.41, 5.74) is -0.0514. The fourth-order valence-electron chi connectivity index (χ4n) is 2.42. The van der Waals surface area contributed by atoms with E-state index in [1.807, 2.05) is 0 Å². The highest BCUT2D eigenvalue weighted by atomic mass is 16.5. The first-order valence-corrected chi connectivity index (χ1v) is 5.29. The molecule has 2 aliphatic rings. The second kappa shape index (κ2) is 3.87. The van der Waals surface area contributed by atoms with Crippen LogP contribution in [0, 0.1) is 5.92 Å². The molecule has 2 N–H and O–H groups in total. The molecule has 1 aliphatic carbocycles. The molecule has 0 atom stereocenters. The Kier molecular flexibility index (Phi) is 2.74. The number of carbonyl (C=O) groups is 1. The van der Waals surface area contributed by atoms with Gasteiger partial charge in [0.25, 0.3) is 0 Å². The summed E-state index contributed by atoms with van der Waals surface area (Å²) in [6.07, 6.45) is 3.29. The number of aliphatic carboxylic acids is 1. The van der Waals surface area contributed by atoms with E-state index in [-0.39, 0.29) is 11.5 Å². The van der Waals surface area contributed by atoms with Crippen LogP contribution < -0.4 is 5.32 Å². The van der Waals surface area contributed by atoms with Crippen molar-refractivity contribution in [2.75, 3.05) is 19.7 Å². The van der Waals surface area contributed by atoms with Crippen LogP contribution in [0.15, 0.2) is 0 Å². The highest BCUT2D eigenvalue weighted by Gasteiger charge is 2.39. The van der Waals surface area contributed by atoms with Gasteiger partial charge in [-0.05, 0) is 25.7 Å². The fraction of sp³-hybridized carbons (Fsp3) is 0.900. The molecule has 0 amide bonds. The summed E-state index contributed by atoms with van der Waals surface area (Å²) in [5, 5.41) is 12.2. The molecule has 0 aromatic heterocycles. The Morgan fingerprint density at radius 1 is 1.43 bits per heavy atom. The maximum absolute atomic E-state index is 10.8. The second-order valence-corrected chi connectivity index (χ2v) is 4.32. The number of nitrogens with one attached hydrogen (secondary N) is 1. The first-order valence-electron chi connectivity index (χ1n) is 5.29. The van der Waals surface area contributed by atoms with E-state index in [1.54, 1.807) is 0 Å². The van der Waals surface area contributed by atoms with Crippen molar-refractivity contribution in [3.63, 3.8) is 0 Å². The number of hydrogen-bond acceptors (Lipinski definition) is 3. The van der Waals surface area contributed by atoms with Crippen LogP contribution in [0.4, 0.5) is 0 Å². The van der Waals surface area contributed by atoms with Crippen molar-refractivity contribution >= 4 is 5.97 Å². The average Bonchev–Trinajstić information content (AvgIpc) is 2.19. The van der Waals surface area contributed by atoms with Crippen molar-refractivity contribution in [2.24, 2.45) is 5.92 Å². The minimum absolute atomic E-state index is 0.0514. The Hall–Kier alpha value is -0.610. The maximum Gasteiger partial charge on any atom is 0.306 e. The Morgan fingerprint density at radius 2 is 2.14 bits per heavy atom. The number of hydrogen-bond donors (Lipinski definition) is 2. The second-order valence-electron chi connectivity index (χ2n) is 4.32. The largest absolute Gasteiger partial charge is 0.481 e. The third-order valence-electron chi connectivity index (χ3n) is 3.38. The molecule has 1 saturated carbocycles. The molecule has 2 fully saturated rings. The van der Waals surface area contributed by atoms with Gasteiger partial charge in [-0.3, -0.25) is 4.79 Å². The number of carboxylic acid groups (broad SMARTS) is 1. The van der Waals surface area contributed by atoms with Gasteiger partial charge in [-0.25, -0.2) is 0 Å². The van der Waals surface area contributed by atoms with E-state index in [2.05, 4.69) is 5.32 Å². The highest BCUT2D eigenvalue weighted by Crippen LogP contribution is 2.35. The van der Waals surface area contributed by atoms with Crippen molar-refractivity contribution in [1.29, 1.82) is 0 Å². The van der Waals surface area contributed by atoms with Crippen molar-refractivity contribution in [3.05, 3.63) is 0 Å². The van der Waals surface area contributed by atoms with Crippen LogP contribution in [-0.4, -0.2) is 36.4 Å². The zero-order valence-corrected chi connectivity index (χ0v) is 8.29. The van der Waals surface area contributed by atoms with Crippen LogP contribution >= 0.6 is 0 Å². The zero-order chi connectivity index (χ0) is 10.0. The lowest BCUT2D eigenvalue weighted by molar-refractivity contribution is -0.147. The Bertz CT molecular complexity index is 213. The van der Waals surface area contributed by atoms with E-state index >= 15 is 0 Å². The minimum Gasteiger partial charge on any atom is -0.481 e. The lowest BCUT2D eigenvalue weighted by Gasteiger charge is -2.42. The van der Waals surface area contributed by atoms with E-state index in [1.165, 1.54) is 0 Å². The quantitative estimate of drug-likeness (QED) is 0.650. The van der Waals surface area contributed by atoms with Crippen LogP contribution in [0.3, 0.4) is 0 Å². The molecule has 14 heavy (non-hydrogen) atoms. The van der Waals surface area contributed by atoms with E-state index in [0.29, 0.717) is 0 Å². The summed E-state index contributed by atoms with van der Waals surface area (Å²) in [6.45, 7) is 2.57. The molecule has 0 radical (unpaired) electrons. The first-order chi connectivity index (χ1) is 6.72. The SMILES string of the molecule is O=C(O)C1CCC2(CC1)CNCCO2. The van der Waals surface area contributed by atoms with E-state index in [9.17, 15) is 4.79 Å². The first kappa shape index (κ1) is 9.93. The molecule has 1 saturated heterocycles. The Morgan fingerprint density at radius 3 is 2.64 bits per heavy atom. The van der Waals surface area contributed by atoms with Gasteiger partial charge >= 0.3 is 5.97 Å². The average molecular weight is 199 g/mol. The molecule has 1 spiro atoms. The predicted octanol–water partition coefficient (Wildman–Crippen LogP) is 0.620. The van der Waals surface area contributed by atoms with E-state index in [0.717, 1.165) is 45.4 Å². The summed E-state index contributed by atoms with van der Waals surface area (Å²) in [6, 6.07) is 0. The van der Waals surface area contributed by atoms with Gasteiger partial charge in [0.2, 0.25) is 0 Å². The van der Waals surface area contributed by atoms with Gasteiger partial charge in [0, 0.05) is 13.1 Å². The molecule has 0 bridgehead atoms. The fourth-order valence-corrected chi connectivity index (χ4v) is 2.42. The third-order valence-corrected chi connectivity index (χ3v) is 3.38. The normalized spacial score (nSPS) is 38.4. The molecule has 1 heterocycles. The molecule has 1 aliphatic heterocycles. The lowest BCUT2D eigenvalue weighted by Crippen LogP contribution is -2.52. The third kappa shape index (κ3) is 1.91. The molecular weight excluding hydrogens is 182 g/mol. The van der Waals surface area contributed by atoms with Crippen LogP contribution in [0.25, 0.3) is 0 Å². The van der Waals surface area contributed by atoms with Crippen LogP contribution in [0.5, 0.6) is 0 Å². The van der Waals surface area contributed by atoms with Crippen molar-refractivity contribution in [1.82, 2.24) is 5.32 Å². The molecular formula is C10H17NO3. The zero-order valence-electron chi connectivity index (χ0n) is 8.29. The van der Waals surface area contributed by atoms with Crippen molar-refractivity contribution < 1.29 is 14.6 Å². The van der Waals surface area contributed by atoms with Gasteiger partial charge in [-0.15, -0.1) is 0 Å². The van der Waals surface area contributed by atoms with Crippen LogP contribution in [-0.2, 0) is 9.53 Å². The molecule has 4 nitrogen and oxygen atoms in total. The molecule has 0 aromatic rings. The molecule has 0 unspecified atom stereocenters. The topological polar surface area (TPSA) is 58.6 Å². The van der Waals surface area contributed by atoms with Crippen LogP contribution in [0.1, 0.15) is 25.7 Å². The number of morpholine rings is 1. The summed E-state index contributed by atoms with van der Waals surface area (Å²) in [7, 11) is 0.